The summed E-state index contributed by atoms with van der Waals surface area (Å²) in [5, 5.41) is 22.3. The zero-order valence-corrected chi connectivity index (χ0v) is 18.4. The van der Waals surface area contributed by atoms with Gasteiger partial charge in [0.25, 0.3) is 0 Å². The molecule has 1 heterocycles. The van der Waals surface area contributed by atoms with E-state index in [0.717, 1.165) is 61.6 Å². The minimum atomic E-state index is -0.798. The highest BCUT2D eigenvalue weighted by Crippen LogP contribution is 2.61. The zero-order chi connectivity index (χ0) is 21.4. The molecule has 1 aromatic heterocycles. The first-order valence-electron chi connectivity index (χ1n) is 11.8. The standard InChI is InChI=1S/C27H31NO3/c1-16-28-23-7-4-18(15-24(23)31-16)22-6-8-25-26(22,2)11-10-20-13-19-14-21(29)5-3-17(19)9-12-27(20,25)30/h4,6-7,10,13,15,17,21,25,29-30H,3,5,8-9,11-12,14H2,1-2H3/t17?,21?,25?,26?,27-/m1/s1. The number of nitrogens with zero attached hydrogens (tertiary/aromatic N) is 1. The van der Waals surface area contributed by atoms with Crippen molar-refractivity contribution in [1.82, 2.24) is 4.98 Å². The van der Waals surface area contributed by atoms with Crippen LogP contribution in [-0.2, 0) is 0 Å². The average Bonchev–Trinajstić information content (AvgIpc) is 3.24. The first-order chi connectivity index (χ1) is 14.9. The summed E-state index contributed by atoms with van der Waals surface area (Å²) in [6.45, 7) is 4.21. The van der Waals surface area contributed by atoms with Crippen molar-refractivity contribution in [3.63, 3.8) is 0 Å². The van der Waals surface area contributed by atoms with E-state index in [4.69, 9.17) is 4.42 Å². The topological polar surface area (TPSA) is 66.5 Å². The number of aliphatic hydroxyl groups excluding tert-OH is 1. The SMILES string of the molecule is Cc1nc2ccc(C3=CCC4C3(C)CC=C3C=C5CC(O)CCC5CC[C@@]34O)cc2o1. The molecule has 1 fully saturated rings. The molecule has 0 saturated heterocycles. The number of allylic oxidation sites excluding steroid dienone is 3. The van der Waals surface area contributed by atoms with Crippen molar-refractivity contribution in [3.8, 4) is 0 Å². The van der Waals surface area contributed by atoms with Crippen molar-refractivity contribution in [1.29, 1.82) is 0 Å². The third-order valence-corrected chi connectivity index (χ3v) is 8.63. The lowest BCUT2D eigenvalue weighted by Crippen LogP contribution is -2.48. The van der Waals surface area contributed by atoms with Crippen molar-refractivity contribution in [3.05, 3.63) is 59.0 Å². The maximum atomic E-state index is 12.1. The normalized spacial score (nSPS) is 37.3. The highest BCUT2D eigenvalue weighted by atomic mass is 16.3. The highest BCUT2D eigenvalue weighted by Gasteiger charge is 2.55. The second kappa shape index (κ2) is 6.66. The van der Waals surface area contributed by atoms with E-state index >= 15 is 0 Å². The van der Waals surface area contributed by atoms with Crippen LogP contribution in [0.1, 0.15) is 63.3 Å². The van der Waals surface area contributed by atoms with E-state index in [1.54, 1.807) is 0 Å². The summed E-state index contributed by atoms with van der Waals surface area (Å²) >= 11 is 0. The van der Waals surface area contributed by atoms with Crippen molar-refractivity contribution in [2.75, 3.05) is 0 Å². The number of rotatable bonds is 1. The van der Waals surface area contributed by atoms with Crippen molar-refractivity contribution in [2.45, 2.75) is 70.5 Å². The van der Waals surface area contributed by atoms with E-state index in [0.29, 0.717) is 11.8 Å². The van der Waals surface area contributed by atoms with Crippen LogP contribution in [0.5, 0.6) is 0 Å². The van der Waals surface area contributed by atoms with Gasteiger partial charge in [-0.15, -0.1) is 0 Å². The lowest BCUT2D eigenvalue weighted by Gasteiger charge is -2.48. The number of aromatic nitrogens is 1. The Morgan fingerprint density at radius 3 is 2.90 bits per heavy atom. The molecule has 4 unspecified atom stereocenters. The summed E-state index contributed by atoms with van der Waals surface area (Å²) in [5.74, 6) is 1.37. The lowest BCUT2D eigenvalue weighted by atomic mass is 9.58. The minimum Gasteiger partial charge on any atom is -0.441 e. The van der Waals surface area contributed by atoms with Crippen molar-refractivity contribution >= 4 is 16.7 Å². The third kappa shape index (κ3) is 2.84. The number of hydrogen-bond acceptors (Lipinski definition) is 4. The summed E-state index contributed by atoms with van der Waals surface area (Å²) < 4.78 is 5.79. The third-order valence-electron chi connectivity index (χ3n) is 8.63. The van der Waals surface area contributed by atoms with Crippen LogP contribution in [0.25, 0.3) is 16.7 Å². The predicted octanol–water partition coefficient (Wildman–Crippen LogP) is 5.49. The fourth-order valence-corrected chi connectivity index (χ4v) is 6.97. The molecule has 0 aliphatic heterocycles. The van der Waals surface area contributed by atoms with Gasteiger partial charge in [0.05, 0.1) is 11.7 Å². The summed E-state index contributed by atoms with van der Waals surface area (Å²) in [6.07, 6.45) is 13.0. The van der Waals surface area contributed by atoms with Gasteiger partial charge in [-0.3, -0.25) is 0 Å². The fraction of sp³-hybridized carbons (Fsp3) is 0.519. The maximum absolute atomic E-state index is 12.1. The first kappa shape index (κ1) is 19.5. The molecule has 1 aromatic carbocycles. The van der Waals surface area contributed by atoms with Crippen LogP contribution in [0.4, 0.5) is 0 Å². The minimum absolute atomic E-state index is 0.103. The van der Waals surface area contributed by atoms with E-state index in [-0.39, 0.29) is 17.4 Å². The van der Waals surface area contributed by atoms with Crippen molar-refractivity contribution in [2.24, 2.45) is 17.3 Å². The van der Waals surface area contributed by atoms with E-state index < -0.39 is 5.60 Å². The predicted molar refractivity (Wildman–Crippen MR) is 121 cm³/mol. The van der Waals surface area contributed by atoms with E-state index in [1.807, 2.05) is 13.0 Å². The average molecular weight is 418 g/mol. The Bertz CT molecular complexity index is 1150. The molecule has 0 bridgehead atoms. The summed E-state index contributed by atoms with van der Waals surface area (Å²) in [7, 11) is 0. The van der Waals surface area contributed by atoms with E-state index in [1.165, 1.54) is 16.7 Å². The van der Waals surface area contributed by atoms with Crippen molar-refractivity contribution < 1.29 is 14.6 Å². The molecule has 0 amide bonds. The van der Waals surface area contributed by atoms with Crippen LogP contribution in [-0.4, -0.2) is 26.9 Å². The number of hydrogen-bond donors (Lipinski definition) is 2. The Balaban J connectivity index is 1.38. The van der Waals surface area contributed by atoms with Crippen LogP contribution in [0.3, 0.4) is 0 Å². The Kier molecular flexibility index (Phi) is 4.19. The molecule has 5 atom stereocenters. The molecule has 0 spiro atoms. The largest absolute Gasteiger partial charge is 0.441 e. The number of aryl methyl sites for hydroxylation is 1. The van der Waals surface area contributed by atoms with E-state index in [9.17, 15) is 10.2 Å². The van der Waals surface area contributed by atoms with Gasteiger partial charge in [0.2, 0.25) is 0 Å². The molecule has 4 heteroatoms. The smallest absolute Gasteiger partial charge is 0.192 e. The second-order valence-corrected chi connectivity index (χ2v) is 10.4. The van der Waals surface area contributed by atoms with Gasteiger partial charge in [0, 0.05) is 18.3 Å². The van der Waals surface area contributed by atoms with Gasteiger partial charge in [-0.05, 0) is 79.7 Å². The number of aliphatic hydroxyl groups is 2. The lowest BCUT2D eigenvalue weighted by molar-refractivity contribution is -0.0330. The van der Waals surface area contributed by atoms with Gasteiger partial charge in [0.15, 0.2) is 11.5 Å². The van der Waals surface area contributed by atoms with Gasteiger partial charge in [-0.1, -0.05) is 36.8 Å². The van der Waals surface area contributed by atoms with Gasteiger partial charge in [-0.2, -0.15) is 0 Å². The number of benzene rings is 1. The van der Waals surface area contributed by atoms with Crippen LogP contribution >= 0.6 is 0 Å². The van der Waals surface area contributed by atoms with Crippen LogP contribution < -0.4 is 0 Å². The van der Waals surface area contributed by atoms with Gasteiger partial charge in [0.1, 0.15) is 5.52 Å². The van der Waals surface area contributed by atoms with E-state index in [2.05, 4.69) is 42.3 Å². The molecule has 2 N–H and O–H groups in total. The molecule has 162 valence electrons. The molecule has 4 aliphatic carbocycles. The molecular formula is C27H31NO3. The molecule has 6 rings (SSSR count). The quantitative estimate of drug-likeness (QED) is 0.644. The Morgan fingerprint density at radius 1 is 1.16 bits per heavy atom. The molecule has 31 heavy (non-hydrogen) atoms. The van der Waals surface area contributed by atoms with Crippen LogP contribution in [0.2, 0.25) is 0 Å². The van der Waals surface area contributed by atoms with Crippen LogP contribution in [0, 0.1) is 24.2 Å². The number of fused-ring (bicyclic) bond motifs is 5. The Morgan fingerprint density at radius 2 is 2.03 bits per heavy atom. The molecule has 4 nitrogen and oxygen atoms in total. The first-order valence-corrected chi connectivity index (χ1v) is 11.8. The fourth-order valence-electron chi connectivity index (χ4n) is 6.97. The Labute approximate surface area is 183 Å². The Hall–Kier alpha value is -2.17. The number of oxazole rings is 1. The maximum Gasteiger partial charge on any atom is 0.192 e. The van der Waals surface area contributed by atoms with Gasteiger partial charge < -0.3 is 14.6 Å². The monoisotopic (exact) mass is 417 g/mol. The highest BCUT2D eigenvalue weighted by molar-refractivity contribution is 5.82. The molecule has 2 aromatic rings. The summed E-state index contributed by atoms with van der Waals surface area (Å²) in [6, 6.07) is 6.31. The molecule has 0 radical (unpaired) electrons. The molecule has 1 saturated carbocycles. The van der Waals surface area contributed by atoms with Gasteiger partial charge in [-0.25, -0.2) is 4.98 Å². The molecule has 4 aliphatic rings. The van der Waals surface area contributed by atoms with Crippen LogP contribution in [0.15, 0.2) is 52.0 Å². The second-order valence-electron chi connectivity index (χ2n) is 10.4. The summed E-state index contributed by atoms with van der Waals surface area (Å²) in [5.41, 5.74) is 5.77. The molecular weight excluding hydrogens is 386 g/mol. The zero-order valence-electron chi connectivity index (χ0n) is 18.4. The summed E-state index contributed by atoms with van der Waals surface area (Å²) in [4.78, 5) is 4.44. The van der Waals surface area contributed by atoms with Gasteiger partial charge >= 0.3 is 0 Å².